The lowest BCUT2D eigenvalue weighted by molar-refractivity contribution is 0.658. The Balaban J connectivity index is 1.84. The molecule has 0 fully saturated rings. The van der Waals surface area contributed by atoms with Gasteiger partial charge < -0.3 is 0 Å². The van der Waals surface area contributed by atoms with Gasteiger partial charge in [-0.3, -0.25) is 0 Å². The Labute approximate surface area is 139 Å². The molecule has 3 aromatic carbocycles. The molecule has 1 aromatic heterocycles. The molecular formula is C20H14N4. The van der Waals surface area contributed by atoms with E-state index in [0.717, 1.165) is 16.8 Å². The second kappa shape index (κ2) is 5.98. The van der Waals surface area contributed by atoms with Gasteiger partial charge >= 0.3 is 0 Å². The predicted octanol–water partition coefficient (Wildman–Crippen LogP) is 4.02. The first kappa shape index (κ1) is 14.2. The van der Waals surface area contributed by atoms with Gasteiger partial charge in [0.05, 0.1) is 6.54 Å². The summed E-state index contributed by atoms with van der Waals surface area (Å²) in [4.78, 5) is 0. The molecule has 1 heterocycles. The van der Waals surface area contributed by atoms with Gasteiger partial charge in [-0.05, 0) is 16.3 Å². The van der Waals surface area contributed by atoms with Crippen molar-refractivity contribution in [3.8, 4) is 17.3 Å². The second-order valence-electron chi connectivity index (χ2n) is 5.56. The van der Waals surface area contributed by atoms with E-state index in [2.05, 4.69) is 40.6 Å². The van der Waals surface area contributed by atoms with Gasteiger partial charge in [0, 0.05) is 5.56 Å². The fourth-order valence-corrected chi connectivity index (χ4v) is 2.97. The van der Waals surface area contributed by atoms with Crippen LogP contribution in [0.3, 0.4) is 0 Å². The summed E-state index contributed by atoms with van der Waals surface area (Å²) in [5.41, 5.74) is 3.20. The molecule has 0 aliphatic rings. The van der Waals surface area contributed by atoms with Crippen molar-refractivity contribution in [2.45, 2.75) is 6.54 Å². The van der Waals surface area contributed by atoms with Gasteiger partial charge in [-0.15, -0.1) is 5.10 Å². The van der Waals surface area contributed by atoms with Crippen LogP contribution in [0, 0.1) is 11.3 Å². The lowest BCUT2D eigenvalue weighted by Gasteiger charge is -2.09. The summed E-state index contributed by atoms with van der Waals surface area (Å²) in [6, 6.07) is 26.4. The molecule has 0 saturated carbocycles. The summed E-state index contributed by atoms with van der Waals surface area (Å²) in [5, 5.41) is 20.0. The average molecular weight is 310 g/mol. The maximum absolute atomic E-state index is 9.37. The van der Waals surface area contributed by atoms with Crippen molar-refractivity contribution < 1.29 is 0 Å². The van der Waals surface area contributed by atoms with Gasteiger partial charge in [0.1, 0.15) is 11.8 Å². The summed E-state index contributed by atoms with van der Waals surface area (Å²) < 4.78 is 1.80. The number of fused-ring (bicyclic) bond motifs is 1. The van der Waals surface area contributed by atoms with Crippen LogP contribution in [0.25, 0.3) is 22.0 Å². The fourth-order valence-electron chi connectivity index (χ4n) is 2.97. The zero-order valence-corrected chi connectivity index (χ0v) is 12.9. The molecule has 0 aliphatic carbocycles. The highest BCUT2D eigenvalue weighted by Gasteiger charge is 2.15. The highest BCUT2D eigenvalue weighted by Crippen LogP contribution is 2.24. The molecule has 0 N–H and O–H groups in total. The number of hydrogen-bond donors (Lipinski definition) is 0. The Kier molecular flexibility index (Phi) is 3.53. The highest BCUT2D eigenvalue weighted by molar-refractivity contribution is 5.85. The van der Waals surface area contributed by atoms with Crippen molar-refractivity contribution in [2.24, 2.45) is 0 Å². The van der Waals surface area contributed by atoms with E-state index in [1.54, 1.807) is 4.68 Å². The number of aromatic nitrogens is 3. The first-order valence-corrected chi connectivity index (χ1v) is 7.72. The lowest BCUT2D eigenvalue weighted by atomic mass is 10.0. The van der Waals surface area contributed by atoms with Crippen LogP contribution in [-0.4, -0.2) is 15.0 Å². The maximum Gasteiger partial charge on any atom is 0.190 e. The van der Waals surface area contributed by atoms with Crippen LogP contribution in [-0.2, 0) is 6.54 Å². The van der Waals surface area contributed by atoms with E-state index < -0.39 is 0 Å². The van der Waals surface area contributed by atoms with E-state index in [1.807, 2.05) is 48.5 Å². The smallest absolute Gasteiger partial charge is 0.190 e. The minimum atomic E-state index is 0.349. The van der Waals surface area contributed by atoms with Crippen LogP contribution in [0.5, 0.6) is 0 Å². The largest absolute Gasteiger partial charge is 0.239 e. The minimum Gasteiger partial charge on any atom is -0.239 e. The van der Waals surface area contributed by atoms with Crippen molar-refractivity contribution in [3.05, 3.63) is 84.1 Å². The van der Waals surface area contributed by atoms with Gasteiger partial charge in [-0.25, -0.2) is 4.68 Å². The quantitative estimate of drug-likeness (QED) is 0.574. The molecule has 0 bridgehead atoms. The molecule has 114 valence electrons. The van der Waals surface area contributed by atoms with E-state index in [9.17, 15) is 5.26 Å². The Morgan fingerprint density at radius 2 is 1.62 bits per heavy atom. The molecule has 0 spiro atoms. The fraction of sp³-hybridized carbons (Fsp3) is 0.0500. The Morgan fingerprint density at radius 3 is 2.46 bits per heavy atom. The molecule has 0 atom stereocenters. The summed E-state index contributed by atoms with van der Waals surface area (Å²) in [6.45, 7) is 0.570. The Hall–Kier alpha value is -3.45. The average Bonchev–Trinajstić information content (AvgIpc) is 3.05. The zero-order valence-electron chi connectivity index (χ0n) is 12.9. The van der Waals surface area contributed by atoms with Gasteiger partial charge in [-0.2, -0.15) is 5.26 Å². The normalized spacial score (nSPS) is 10.6. The molecular weight excluding hydrogens is 296 g/mol. The van der Waals surface area contributed by atoms with Gasteiger partial charge in [-0.1, -0.05) is 78.0 Å². The molecule has 0 aliphatic heterocycles. The van der Waals surface area contributed by atoms with E-state index >= 15 is 0 Å². The second-order valence-corrected chi connectivity index (χ2v) is 5.56. The lowest BCUT2D eigenvalue weighted by Crippen LogP contribution is -2.05. The third-order valence-corrected chi connectivity index (χ3v) is 4.09. The Bertz CT molecular complexity index is 1040. The summed E-state index contributed by atoms with van der Waals surface area (Å²) >= 11 is 0. The first-order chi connectivity index (χ1) is 11.9. The van der Waals surface area contributed by atoms with Crippen LogP contribution in [0.1, 0.15) is 11.3 Å². The molecule has 0 radical (unpaired) electrons. The number of nitrogens with zero attached hydrogens (tertiary/aromatic N) is 4. The molecule has 24 heavy (non-hydrogen) atoms. The van der Waals surface area contributed by atoms with Crippen LogP contribution >= 0.6 is 0 Å². The number of nitriles is 1. The van der Waals surface area contributed by atoms with E-state index in [4.69, 9.17) is 0 Å². The van der Waals surface area contributed by atoms with Crippen LogP contribution in [0.4, 0.5) is 0 Å². The third-order valence-electron chi connectivity index (χ3n) is 4.09. The maximum atomic E-state index is 9.37. The molecule has 0 unspecified atom stereocenters. The topological polar surface area (TPSA) is 54.5 Å². The van der Waals surface area contributed by atoms with Crippen molar-refractivity contribution >= 4 is 10.8 Å². The van der Waals surface area contributed by atoms with E-state index in [1.165, 1.54) is 10.8 Å². The van der Waals surface area contributed by atoms with Crippen LogP contribution in [0.2, 0.25) is 0 Å². The SMILES string of the molecule is N#Cc1nnn(Cc2cccc3ccccc23)c1-c1ccccc1. The molecule has 4 aromatic rings. The monoisotopic (exact) mass is 310 g/mol. The summed E-state index contributed by atoms with van der Waals surface area (Å²) in [5.74, 6) is 0. The standard InChI is InChI=1S/C20H14N4/c21-13-19-20(16-8-2-1-3-9-16)24(23-22-19)14-17-11-6-10-15-7-4-5-12-18(15)17/h1-12H,14H2. The van der Waals surface area contributed by atoms with Crippen LogP contribution in [0.15, 0.2) is 72.8 Å². The number of hydrogen-bond acceptors (Lipinski definition) is 3. The van der Waals surface area contributed by atoms with E-state index in [0.29, 0.717) is 12.2 Å². The third kappa shape index (κ3) is 2.42. The highest BCUT2D eigenvalue weighted by atomic mass is 15.4. The molecule has 4 nitrogen and oxygen atoms in total. The summed E-state index contributed by atoms with van der Waals surface area (Å²) in [7, 11) is 0. The first-order valence-electron chi connectivity index (χ1n) is 7.72. The van der Waals surface area contributed by atoms with Gasteiger partial charge in [0.15, 0.2) is 5.69 Å². The van der Waals surface area contributed by atoms with Gasteiger partial charge in [0.2, 0.25) is 0 Å². The molecule has 0 amide bonds. The minimum absolute atomic E-state index is 0.349. The van der Waals surface area contributed by atoms with Crippen LogP contribution < -0.4 is 0 Å². The van der Waals surface area contributed by atoms with Crippen molar-refractivity contribution in [2.75, 3.05) is 0 Å². The molecule has 0 saturated heterocycles. The van der Waals surface area contributed by atoms with Gasteiger partial charge in [0.25, 0.3) is 0 Å². The molecule has 4 rings (SSSR count). The van der Waals surface area contributed by atoms with Crippen molar-refractivity contribution in [1.82, 2.24) is 15.0 Å². The van der Waals surface area contributed by atoms with E-state index in [-0.39, 0.29) is 0 Å². The van der Waals surface area contributed by atoms with Crippen molar-refractivity contribution in [3.63, 3.8) is 0 Å². The number of rotatable bonds is 3. The summed E-state index contributed by atoms with van der Waals surface area (Å²) in [6.07, 6.45) is 0. The molecule has 4 heteroatoms. The number of benzene rings is 3. The van der Waals surface area contributed by atoms with Crippen molar-refractivity contribution in [1.29, 1.82) is 5.26 Å². The zero-order chi connectivity index (χ0) is 16.4. The predicted molar refractivity (Wildman–Crippen MR) is 93.2 cm³/mol. The Morgan fingerprint density at radius 1 is 0.875 bits per heavy atom.